The summed E-state index contributed by atoms with van der Waals surface area (Å²) in [6.45, 7) is 3.57. The zero-order valence-corrected chi connectivity index (χ0v) is 12.5. The van der Waals surface area contributed by atoms with Gasteiger partial charge in [0.05, 0.1) is 17.4 Å². The van der Waals surface area contributed by atoms with Crippen LogP contribution >= 0.6 is 0 Å². The topological polar surface area (TPSA) is 58.7 Å². The van der Waals surface area contributed by atoms with Crippen molar-refractivity contribution in [3.8, 4) is 0 Å². The van der Waals surface area contributed by atoms with Gasteiger partial charge in [-0.3, -0.25) is 4.90 Å². The highest BCUT2D eigenvalue weighted by Gasteiger charge is 2.43. The largest absolute Gasteiger partial charge is 0.390 e. The molecule has 0 amide bonds. The van der Waals surface area contributed by atoms with Crippen molar-refractivity contribution in [2.24, 2.45) is 0 Å². The summed E-state index contributed by atoms with van der Waals surface area (Å²) in [6, 6.07) is 2.12. The molecule has 0 bridgehead atoms. The predicted molar refractivity (Wildman–Crippen MR) is 76.9 cm³/mol. The zero-order chi connectivity index (χ0) is 14.3. The fourth-order valence-corrected chi connectivity index (χ4v) is 3.67. The molecule has 2 saturated heterocycles. The van der Waals surface area contributed by atoms with E-state index in [-0.39, 0.29) is 11.7 Å². The van der Waals surface area contributed by atoms with Crippen LogP contribution in [0.4, 0.5) is 0 Å². The van der Waals surface area contributed by atoms with Crippen LogP contribution in [-0.4, -0.2) is 46.6 Å². The van der Waals surface area contributed by atoms with Gasteiger partial charge in [0.15, 0.2) is 0 Å². The van der Waals surface area contributed by atoms with E-state index in [4.69, 9.17) is 9.26 Å². The van der Waals surface area contributed by atoms with Gasteiger partial charge in [-0.25, -0.2) is 0 Å². The fourth-order valence-electron chi connectivity index (χ4n) is 3.67. The van der Waals surface area contributed by atoms with Crippen molar-refractivity contribution in [1.29, 1.82) is 0 Å². The number of aliphatic hydroxyl groups is 1. The Balaban J connectivity index is 1.34. The first-order valence-corrected chi connectivity index (χ1v) is 8.25. The SMILES string of the molecule is O[C@H]1CCCOC12CCN(Cc1cc(C3CC3)on1)CC2. The van der Waals surface area contributed by atoms with E-state index >= 15 is 0 Å². The molecule has 1 spiro atoms. The van der Waals surface area contributed by atoms with Crippen LogP contribution < -0.4 is 0 Å². The Bertz CT molecular complexity index is 489. The van der Waals surface area contributed by atoms with E-state index in [9.17, 15) is 5.11 Å². The van der Waals surface area contributed by atoms with Crippen molar-refractivity contribution in [1.82, 2.24) is 10.1 Å². The molecule has 1 saturated carbocycles. The van der Waals surface area contributed by atoms with E-state index < -0.39 is 0 Å². The second-order valence-corrected chi connectivity index (χ2v) is 6.84. The summed E-state index contributed by atoms with van der Waals surface area (Å²) < 4.78 is 11.4. The molecule has 0 aromatic carbocycles. The van der Waals surface area contributed by atoms with E-state index in [1.54, 1.807) is 0 Å². The predicted octanol–water partition coefficient (Wildman–Crippen LogP) is 2.06. The molecular weight excluding hydrogens is 268 g/mol. The highest BCUT2D eigenvalue weighted by molar-refractivity contribution is 5.14. The van der Waals surface area contributed by atoms with Crippen LogP contribution in [0, 0.1) is 0 Å². The quantitative estimate of drug-likeness (QED) is 0.924. The minimum atomic E-state index is -0.290. The van der Waals surface area contributed by atoms with Crippen molar-refractivity contribution < 1.29 is 14.4 Å². The summed E-state index contributed by atoms with van der Waals surface area (Å²) in [5, 5.41) is 14.5. The van der Waals surface area contributed by atoms with Crippen LogP contribution in [0.3, 0.4) is 0 Å². The summed E-state index contributed by atoms with van der Waals surface area (Å²) in [4.78, 5) is 2.39. The van der Waals surface area contributed by atoms with Crippen LogP contribution in [0.5, 0.6) is 0 Å². The first-order chi connectivity index (χ1) is 10.3. The van der Waals surface area contributed by atoms with Gasteiger partial charge in [-0.05, 0) is 38.5 Å². The average molecular weight is 292 g/mol. The third kappa shape index (κ3) is 2.74. The van der Waals surface area contributed by atoms with E-state index in [0.29, 0.717) is 5.92 Å². The molecule has 1 aromatic heterocycles. The Morgan fingerprint density at radius 2 is 2.10 bits per heavy atom. The number of likely N-dealkylation sites (tertiary alicyclic amines) is 1. The van der Waals surface area contributed by atoms with Gasteiger partial charge in [0.2, 0.25) is 0 Å². The van der Waals surface area contributed by atoms with E-state index in [0.717, 1.165) is 63.4 Å². The van der Waals surface area contributed by atoms with Crippen LogP contribution in [0.25, 0.3) is 0 Å². The minimum absolute atomic E-state index is 0.280. The average Bonchev–Trinajstić information content (AvgIpc) is 3.25. The zero-order valence-electron chi connectivity index (χ0n) is 12.5. The summed E-state index contributed by atoms with van der Waals surface area (Å²) in [5.74, 6) is 1.69. The van der Waals surface area contributed by atoms with Crippen molar-refractivity contribution in [3.05, 3.63) is 17.5 Å². The molecule has 0 radical (unpaired) electrons. The third-order valence-corrected chi connectivity index (χ3v) is 5.26. The van der Waals surface area contributed by atoms with Gasteiger partial charge >= 0.3 is 0 Å². The second-order valence-electron chi connectivity index (χ2n) is 6.84. The standard InChI is InChI=1S/C16H24N2O3/c19-15-2-1-9-20-16(15)5-7-18(8-6-16)11-13-10-14(21-17-13)12-3-4-12/h10,12,15,19H,1-9,11H2/t15-/m0/s1. The number of hydrogen-bond acceptors (Lipinski definition) is 5. The molecule has 21 heavy (non-hydrogen) atoms. The molecular formula is C16H24N2O3. The molecule has 3 aliphatic rings. The van der Waals surface area contributed by atoms with Gasteiger partial charge in [0, 0.05) is 38.2 Å². The van der Waals surface area contributed by atoms with E-state index in [2.05, 4.69) is 16.1 Å². The highest BCUT2D eigenvalue weighted by atomic mass is 16.5. The monoisotopic (exact) mass is 292 g/mol. The van der Waals surface area contributed by atoms with E-state index in [1.165, 1.54) is 12.8 Å². The Morgan fingerprint density at radius 3 is 2.81 bits per heavy atom. The highest BCUT2D eigenvalue weighted by Crippen LogP contribution is 2.40. The molecule has 1 aliphatic carbocycles. The minimum Gasteiger partial charge on any atom is -0.390 e. The summed E-state index contributed by atoms with van der Waals surface area (Å²) in [6.07, 6.45) is 5.90. The molecule has 5 nitrogen and oxygen atoms in total. The number of hydrogen-bond donors (Lipinski definition) is 1. The Hall–Kier alpha value is -0.910. The summed E-state index contributed by atoms with van der Waals surface area (Å²) in [7, 11) is 0. The van der Waals surface area contributed by atoms with Crippen molar-refractivity contribution in [2.75, 3.05) is 19.7 Å². The van der Waals surface area contributed by atoms with Crippen LogP contribution in [-0.2, 0) is 11.3 Å². The van der Waals surface area contributed by atoms with Crippen LogP contribution in [0.15, 0.2) is 10.6 Å². The first kappa shape index (κ1) is 13.7. The van der Waals surface area contributed by atoms with Gasteiger partial charge < -0.3 is 14.4 Å². The molecule has 1 aromatic rings. The second kappa shape index (κ2) is 5.38. The molecule has 5 heteroatoms. The van der Waals surface area contributed by atoms with Gasteiger partial charge in [0.1, 0.15) is 5.76 Å². The fraction of sp³-hybridized carbons (Fsp3) is 0.812. The van der Waals surface area contributed by atoms with E-state index in [1.807, 2.05) is 0 Å². The van der Waals surface area contributed by atoms with Gasteiger partial charge in [-0.2, -0.15) is 0 Å². The smallest absolute Gasteiger partial charge is 0.140 e. The molecule has 3 heterocycles. The Kier molecular flexibility index (Phi) is 3.52. The maximum atomic E-state index is 10.3. The van der Waals surface area contributed by atoms with Crippen LogP contribution in [0.1, 0.15) is 55.9 Å². The van der Waals surface area contributed by atoms with Gasteiger partial charge in [0.25, 0.3) is 0 Å². The van der Waals surface area contributed by atoms with Gasteiger partial charge in [-0.15, -0.1) is 0 Å². The lowest BCUT2D eigenvalue weighted by Gasteiger charge is -2.46. The lowest BCUT2D eigenvalue weighted by atomic mass is 9.82. The molecule has 0 unspecified atom stereocenters. The number of rotatable bonds is 3. The normalized spacial score (nSPS) is 29.9. The molecule has 1 N–H and O–H groups in total. The third-order valence-electron chi connectivity index (χ3n) is 5.26. The maximum absolute atomic E-state index is 10.3. The number of nitrogens with zero attached hydrogens (tertiary/aromatic N) is 2. The van der Waals surface area contributed by atoms with Gasteiger partial charge in [-0.1, -0.05) is 5.16 Å². The molecule has 1 atom stereocenters. The summed E-state index contributed by atoms with van der Waals surface area (Å²) in [5.41, 5.74) is 0.760. The number of piperidine rings is 1. The van der Waals surface area contributed by atoms with Crippen LogP contribution in [0.2, 0.25) is 0 Å². The molecule has 2 aliphatic heterocycles. The van der Waals surface area contributed by atoms with Crippen molar-refractivity contribution in [3.63, 3.8) is 0 Å². The number of aromatic nitrogens is 1. The summed E-state index contributed by atoms with van der Waals surface area (Å²) >= 11 is 0. The lowest BCUT2D eigenvalue weighted by Crippen LogP contribution is -2.55. The first-order valence-electron chi connectivity index (χ1n) is 8.25. The molecule has 116 valence electrons. The lowest BCUT2D eigenvalue weighted by molar-refractivity contribution is -0.177. The number of ether oxygens (including phenoxy) is 1. The number of aliphatic hydroxyl groups excluding tert-OH is 1. The Morgan fingerprint density at radius 1 is 1.29 bits per heavy atom. The molecule has 3 fully saturated rings. The van der Waals surface area contributed by atoms with Crippen molar-refractivity contribution >= 4 is 0 Å². The maximum Gasteiger partial charge on any atom is 0.140 e. The Labute approximate surface area is 125 Å². The van der Waals surface area contributed by atoms with Crippen molar-refractivity contribution in [2.45, 2.75) is 62.7 Å². The molecule has 4 rings (SSSR count).